The van der Waals surface area contributed by atoms with Gasteiger partial charge in [0.1, 0.15) is 0 Å². The van der Waals surface area contributed by atoms with Gasteiger partial charge in [-0.25, -0.2) is 0 Å². The van der Waals surface area contributed by atoms with Crippen LogP contribution in [-0.2, 0) is 13.0 Å². The third-order valence-electron chi connectivity index (χ3n) is 3.32. The third-order valence-corrected chi connectivity index (χ3v) is 3.32. The molecule has 0 aliphatic rings. The quantitative estimate of drug-likeness (QED) is 0.607. The van der Waals surface area contributed by atoms with Gasteiger partial charge in [-0.05, 0) is 44.0 Å². The second-order valence-electron chi connectivity index (χ2n) is 5.17. The van der Waals surface area contributed by atoms with E-state index in [1.807, 2.05) is 31.3 Å². The zero-order chi connectivity index (χ0) is 15.6. The van der Waals surface area contributed by atoms with Crippen LogP contribution in [0.4, 0.5) is 0 Å². The highest BCUT2D eigenvalue weighted by Crippen LogP contribution is 2.00. The molecule has 0 unspecified atom stereocenters. The van der Waals surface area contributed by atoms with Crippen LogP contribution in [0.25, 0.3) is 0 Å². The summed E-state index contributed by atoms with van der Waals surface area (Å²) < 4.78 is 2.15. The molecule has 2 heterocycles. The highest BCUT2D eigenvalue weighted by atomic mass is 15.2. The van der Waals surface area contributed by atoms with Crippen LogP contribution in [0.2, 0.25) is 0 Å². The molecule has 0 radical (unpaired) electrons. The van der Waals surface area contributed by atoms with E-state index in [2.05, 4.69) is 50.6 Å². The minimum absolute atomic E-state index is 0.754. The van der Waals surface area contributed by atoms with Crippen LogP contribution < -0.4 is 10.6 Å². The van der Waals surface area contributed by atoms with Gasteiger partial charge < -0.3 is 15.2 Å². The molecule has 0 saturated carbocycles. The van der Waals surface area contributed by atoms with Crippen molar-refractivity contribution in [3.63, 3.8) is 0 Å². The van der Waals surface area contributed by atoms with Crippen LogP contribution in [0.5, 0.6) is 0 Å². The Hall–Kier alpha value is -2.30. The molecule has 22 heavy (non-hydrogen) atoms. The van der Waals surface area contributed by atoms with Gasteiger partial charge in [-0.15, -0.1) is 0 Å². The molecular weight excluding hydrogens is 274 g/mol. The predicted octanol–water partition coefficient (Wildman–Crippen LogP) is 1.99. The van der Waals surface area contributed by atoms with Crippen molar-refractivity contribution in [3.05, 3.63) is 54.1 Å². The molecule has 5 nitrogen and oxygen atoms in total. The summed E-state index contributed by atoms with van der Waals surface area (Å²) in [5, 5.41) is 6.63. The Morgan fingerprint density at radius 3 is 2.73 bits per heavy atom. The molecule has 0 saturated heterocycles. The van der Waals surface area contributed by atoms with E-state index in [4.69, 9.17) is 0 Å². The van der Waals surface area contributed by atoms with Gasteiger partial charge in [0, 0.05) is 50.5 Å². The second kappa shape index (κ2) is 8.87. The lowest BCUT2D eigenvalue weighted by Crippen LogP contribution is -2.39. The Morgan fingerprint density at radius 2 is 2.05 bits per heavy atom. The molecule has 0 atom stereocenters. The van der Waals surface area contributed by atoms with Crippen molar-refractivity contribution in [2.75, 3.05) is 19.6 Å². The Kier molecular flexibility index (Phi) is 6.48. The monoisotopic (exact) mass is 299 g/mol. The van der Waals surface area contributed by atoms with E-state index < -0.39 is 0 Å². The highest BCUT2D eigenvalue weighted by molar-refractivity contribution is 5.79. The van der Waals surface area contributed by atoms with Crippen LogP contribution in [-0.4, -0.2) is 35.1 Å². The number of aromatic nitrogens is 2. The van der Waals surface area contributed by atoms with Crippen molar-refractivity contribution in [1.29, 1.82) is 0 Å². The van der Waals surface area contributed by atoms with Gasteiger partial charge >= 0.3 is 0 Å². The summed E-state index contributed by atoms with van der Waals surface area (Å²) >= 11 is 0. The first-order valence-electron chi connectivity index (χ1n) is 7.82. The first-order chi connectivity index (χ1) is 10.8. The molecule has 2 N–H and O–H groups in total. The number of aryl methyl sites for hydroxylation is 1. The maximum absolute atomic E-state index is 4.61. The molecule has 0 aliphatic heterocycles. The first kappa shape index (κ1) is 16.1. The molecule has 0 spiro atoms. The lowest BCUT2D eigenvalue weighted by Gasteiger charge is -2.11. The fourth-order valence-corrected chi connectivity index (χ4v) is 2.11. The molecule has 2 rings (SSSR count). The Labute approximate surface area is 132 Å². The van der Waals surface area contributed by atoms with Gasteiger partial charge in [-0.1, -0.05) is 6.07 Å². The number of rotatable bonds is 7. The van der Waals surface area contributed by atoms with Gasteiger partial charge in [0.15, 0.2) is 5.96 Å². The SMILES string of the molecule is CCNC(=NCCc1ccc(C)nc1)NCCn1cccc1. The van der Waals surface area contributed by atoms with E-state index in [9.17, 15) is 0 Å². The summed E-state index contributed by atoms with van der Waals surface area (Å²) in [5.74, 6) is 0.870. The summed E-state index contributed by atoms with van der Waals surface area (Å²) in [5.41, 5.74) is 2.27. The number of aliphatic imine (C=N–C) groups is 1. The van der Waals surface area contributed by atoms with Gasteiger partial charge in [0.2, 0.25) is 0 Å². The Morgan fingerprint density at radius 1 is 1.23 bits per heavy atom. The van der Waals surface area contributed by atoms with Crippen molar-refractivity contribution in [3.8, 4) is 0 Å². The van der Waals surface area contributed by atoms with Crippen LogP contribution in [0.3, 0.4) is 0 Å². The number of nitrogens with zero attached hydrogens (tertiary/aromatic N) is 3. The number of hydrogen-bond acceptors (Lipinski definition) is 2. The number of nitrogens with one attached hydrogen (secondary N) is 2. The van der Waals surface area contributed by atoms with Gasteiger partial charge in [-0.2, -0.15) is 0 Å². The van der Waals surface area contributed by atoms with Crippen molar-refractivity contribution in [2.24, 2.45) is 4.99 Å². The van der Waals surface area contributed by atoms with Crippen LogP contribution in [0.15, 0.2) is 47.8 Å². The second-order valence-corrected chi connectivity index (χ2v) is 5.17. The molecule has 0 fully saturated rings. The smallest absolute Gasteiger partial charge is 0.191 e. The lowest BCUT2D eigenvalue weighted by atomic mass is 10.2. The first-order valence-corrected chi connectivity index (χ1v) is 7.82. The highest BCUT2D eigenvalue weighted by Gasteiger charge is 1.98. The van der Waals surface area contributed by atoms with Gasteiger partial charge in [0.25, 0.3) is 0 Å². The average Bonchev–Trinajstić information content (AvgIpc) is 3.02. The van der Waals surface area contributed by atoms with Gasteiger partial charge in [0.05, 0.1) is 0 Å². The molecule has 0 amide bonds. The maximum atomic E-state index is 4.61. The lowest BCUT2D eigenvalue weighted by molar-refractivity contribution is 0.665. The Balaban J connectivity index is 1.77. The van der Waals surface area contributed by atoms with Crippen LogP contribution >= 0.6 is 0 Å². The largest absolute Gasteiger partial charge is 0.357 e. The van der Waals surface area contributed by atoms with E-state index in [0.29, 0.717) is 0 Å². The van der Waals surface area contributed by atoms with Gasteiger partial charge in [-0.3, -0.25) is 9.98 Å². The molecule has 2 aromatic heterocycles. The van der Waals surface area contributed by atoms with Crippen LogP contribution in [0, 0.1) is 6.92 Å². The summed E-state index contributed by atoms with van der Waals surface area (Å²) in [6, 6.07) is 8.23. The number of hydrogen-bond donors (Lipinski definition) is 2. The zero-order valence-corrected chi connectivity index (χ0v) is 13.4. The third kappa shape index (κ3) is 5.60. The number of guanidine groups is 1. The van der Waals surface area contributed by atoms with Crippen molar-refractivity contribution in [1.82, 2.24) is 20.2 Å². The van der Waals surface area contributed by atoms with E-state index >= 15 is 0 Å². The molecule has 0 aromatic carbocycles. The Bertz CT molecular complexity index is 557. The average molecular weight is 299 g/mol. The molecular formula is C17H25N5. The van der Waals surface area contributed by atoms with Crippen molar-refractivity contribution in [2.45, 2.75) is 26.8 Å². The summed E-state index contributed by atoms with van der Waals surface area (Å²) in [6.07, 6.45) is 6.96. The predicted molar refractivity (Wildman–Crippen MR) is 91.1 cm³/mol. The van der Waals surface area contributed by atoms with E-state index in [0.717, 1.165) is 44.3 Å². The minimum Gasteiger partial charge on any atom is -0.357 e. The molecule has 118 valence electrons. The van der Waals surface area contributed by atoms with E-state index in [1.54, 1.807) is 0 Å². The zero-order valence-electron chi connectivity index (χ0n) is 13.4. The van der Waals surface area contributed by atoms with Crippen molar-refractivity contribution >= 4 is 5.96 Å². The number of pyridine rings is 1. The van der Waals surface area contributed by atoms with E-state index in [-0.39, 0.29) is 0 Å². The molecule has 0 bridgehead atoms. The normalized spacial score (nSPS) is 11.5. The van der Waals surface area contributed by atoms with Crippen LogP contribution in [0.1, 0.15) is 18.2 Å². The van der Waals surface area contributed by atoms with Crippen molar-refractivity contribution < 1.29 is 0 Å². The fraction of sp³-hybridized carbons (Fsp3) is 0.412. The summed E-state index contributed by atoms with van der Waals surface area (Å²) in [4.78, 5) is 8.92. The molecule has 0 aliphatic carbocycles. The minimum atomic E-state index is 0.754. The van der Waals surface area contributed by atoms with E-state index in [1.165, 1.54) is 5.56 Å². The topological polar surface area (TPSA) is 54.2 Å². The standard InChI is InChI=1S/C17H25N5/c1-3-18-17(20-10-13-22-11-4-5-12-22)19-9-8-16-7-6-15(2)21-14-16/h4-7,11-12,14H,3,8-10,13H2,1-2H3,(H2,18,19,20). The fourth-order valence-electron chi connectivity index (χ4n) is 2.11. The molecule has 5 heteroatoms. The maximum Gasteiger partial charge on any atom is 0.191 e. The summed E-state index contributed by atoms with van der Waals surface area (Å²) in [6.45, 7) is 7.48. The summed E-state index contributed by atoms with van der Waals surface area (Å²) in [7, 11) is 0. The molecule has 2 aromatic rings.